The lowest BCUT2D eigenvalue weighted by atomic mass is 10.1. The monoisotopic (exact) mass is 173 g/mol. The fourth-order valence-electron chi connectivity index (χ4n) is 1.36. The summed E-state index contributed by atoms with van der Waals surface area (Å²) in [7, 11) is 2.10. The predicted molar refractivity (Wildman–Crippen MR) is 44.4 cm³/mol. The van der Waals surface area contributed by atoms with E-state index >= 15 is 0 Å². The third-order valence-electron chi connectivity index (χ3n) is 2.15. The lowest BCUT2D eigenvalue weighted by molar-refractivity contribution is -0.310. The van der Waals surface area contributed by atoms with Crippen molar-refractivity contribution in [3.05, 3.63) is 0 Å². The van der Waals surface area contributed by atoms with E-state index in [0.717, 1.165) is 25.9 Å². The minimum atomic E-state index is -0.131. The first-order valence-corrected chi connectivity index (χ1v) is 4.33. The second-order valence-corrected chi connectivity index (χ2v) is 3.35. The largest absolute Gasteiger partial charge is 0.364 e. The van der Waals surface area contributed by atoms with Crippen molar-refractivity contribution in [2.75, 3.05) is 26.7 Å². The van der Waals surface area contributed by atoms with Crippen LogP contribution in [0.3, 0.4) is 0 Å². The maximum atomic E-state index is 10.5. The van der Waals surface area contributed by atoms with Crippen molar-refractivity contribution in [2.24, 2.45) is 0 Å². The lowest BCUT2D eigenvalue weighted by Gasteiger charge is -2.28. The zero-order valence-corrected chi connectivity index (χ0v) is 7.58. The third-order valence-corrected chi connectivity index (χ3v) is 2.15. The number of quaternary nitrogens is 1. The molecule has 0 radical (unpaired) electrons. The molecule has 1 heterocycles. The first-order valence-electron chi connectivity index (χ1n) is 4.33. The number of amides is 1. The van der Waals surface area contributed by atoms with Gasteiger partial charge in [-0.15, -0.1) is 0 Å². The van der Waals surface area contributed by atoms with Crippen LogP contribution in [-0.4, -0.2) is 43.7 Å². The molecule has 70 valence electrons. The molecule has 0 spiro atoms. The van der Waals surface area contributed by atoms with Crippen LogP contribution in [0.5, 0.6) is 0 Å². The van der Waals surface area contributed by atoms with Gasteiger partial charge in [0.15, 0.2) is 6.61 Å². The minimum Gasteiger partial charge on any atom is -0.364 e. The molecule has 0 bridgehead atoms. The highest BCUT2D eigenvalue weighted by molar-refractivity contribution is 5.65. The molecule has 12 heavy (non-hydrogen) atoms. The highest BCUT2D eigenvalue weighted by atomic mass is 16.5. The molecule has 1 rings (SSSR count). The SMILES string of the molecule is CN1CCC(OCC([NH3+])=O)CC1. The number of ether oxygens (including phenoxy) is 1. The number of likely N-dealkylation sites (tertiary alicyclic amines) is 1. The van der Waals surface area contributed by atoms with Gasteiger partial charge in [-0.25, -0.2) is 4.79 Å². The standard InChI is InChI=1S/C8H16N2O2/c1-10-4-2-7(3-5-10)12-6-8(9)11/h7H,2-6H2,1H3,(H2,9,11)/p+1. The fraction of sp³-hybridized carbons (Fsp3) is 0.875. The normalized spacial score (nSPS) is 21.2. The van der Waals surface area contributed by atoms with Gasteiger partial charge in [0, 0.05) is 13.1 Å². The summed E-state index contributed by atoms with van der Waals surface area (Å²) in [4.78, 5) is 12.8. The van der Waals surface area contributed by atoms with Gasteiger partial charge in [0.25, 0.3) is 0 Å². The Morgan fingerprint density at radius 1 is 1.58 bits per heavy atom. The Kier molecular flexibility index (Phi) is 3.65. The van der Waals surface area contributed by atoms with Crippen molar-refractivity contribution in [1.29, 1.82) is 0 Å². The number of carbonyl (C=O) groups is 1. The molecule has 3 N–H and O–H groups in total. The van der Waals surface area contributed by atoms with Crippen LogP contribution >= 0.6 is 0 Å². The number of rotatable bonds is 3. The summed E-state index contributed by atoms with van der Waals surface area (Å²) in [5, 5.41) is 0. The van der Waals surface area contributed by atoms with Crippen LogP contribution in [0.4, 0.5) is 0 Å². The Hall–Kier alpha value is -0.450. The van der Waals surface area contributed by atoms with Gasteiger partial charge in [-0.1, -0.05) is 0 Å². The summed E-state index contributed by atoms with van der Waals surface area (Å²) in [5.74, 6) is -0.131. The van der Waals surface area contributed by atoms with Crippen LogP contribution in [0.15, 0.2) is 0 Å². The quantitative estimate of drug-likeness (QED) is 0.587. The number of hydrogen-bond donors (Lipinski definition) is 1. The number of piperidine rings is 1. The maximum absolute atomic E-state index is 10.5. The fourth-order valence-corrected chi connectivity index (χ4v) is 1.36. The molecule has 0 atom stereocenters. The molecule has 0 aromatic rings. The van der Waals surface area contributed by atoms with Gasteiger partial charge < -0.3 is 9.64 Å². The average Bonchev–Trinajstić information content (AvgIpc) is 2.03. The Morgan fingerprint density at radius 2 is 2.17 bits per heavy atom. The number of carbonyl (C=O) groups excluding carboxylic acids is 1. The minimum absolute atomic E-state index is 0.131. The molecule has 0 aromatic carbocycles. The van der Waals surface area contributed by atoms with Crippen molar-refractivity contribution in [3.8, 4) is 0 Å². The van der Waals surface area contributed by atoms with Crippen LogP contribution in [0.1, 0.15) is 12.8 Å². The highest BCUT2D eigenvalue weighted by Crippen LogP contribution is 2.11. The summed E-state index contributed by atoms with van der Waals surface area (Å²) in [6.07, 6.45) is 2.33. The Balaban J connectivity index is 2.13. The van der Waals surface area contributed by atoms with Gasteiger partial charge in [0.05, 0.1) is 6.10 Å². The maximum Gasteiger partial charge on any atom is 0.334 e. The third kappa shape index (κ3) is 3.30. The van der Waals surface area contributed by atoms with Crippen molar-refractivity contribution in [3.63, 3.8) is 0 Å². The highest BCUT2D eigenvalue weighted by Gasteiger charge is 2.17. The smallest absolute Gasteiger partial charge is 0.334 e. The van der Waals surface area contributed by atoms with Crippen LogP contribution in [-0.2, 0) is 9.53 Å². The second kappa shape index (κ2) is 4.54. The molecule has 1 amide bonds. The molecule has 0 aliphatic carbocycles. The van der Waals surface area contributed by atoms with Crippen molar-refractivity contribution in [1.82, 2.24) is 4.90 Å². The molecule has 1 aliphatic rings. The van der Waals surface area contributed by atoms with E-state index in [1.54, 1.807) is 0 Å². The van der Waals surface area contributed by atoms with Gasteiger partial charge in [-0.3, -0.25) is 5.73 Å². The van der Waals surface area contributed by atoms with Gasteiger partial charge >= 0.3 is 5.91 Å². The van der Waals surface area contributed by atoms with Gasteiger partial charge in [0.2, 0.25) is 0 Å². The zero-order valence-electron chi connectivity index (χ0n) is 7.58. The molecule has 0 aromatic heterocycles. The molecular formula is C8H17N2O2+. The molecule has 1 aliphatic heterocycles. The van der Waals surface area contributed by atoms with Crippen LogP contribution in [0.2, 0.25) is 0 Å². The first kappa shape index (κ1) is 9.64. The Morgan fingerprint density at radius 3 is 2.67 bits per heavy atom. The van der Waals surface area contributed by atoms with Crippen molar-refractivity contribution < 1.29 is 15.3 Å². The molecule has 4 nitrogen and oxygen atoms in total. The van der Waals surface area contributed by atoms with Crippen LogP contribution < -0.4 is 5.73 Å². The number of hydrogen-bond acceptors (Lipinski definition) is 3. The summed E-state index contributed by atoms with van der Waals surface area (Å²) < 4.78 is 5.35. The van der Waals surface area contributed by atoms with E-state index in [2.05, 4.69) is 17.7 Å². The zero-order chi connectivity index (χ0) is 8.97. The van der Waals surface area contributed by atoms with Gasteiger partial charge in [0.1, 0.15) is 0 Å². The topological polar surface area (TPSA) is 57.2 Å². The van der Waals surface area contributed by atoms with E-state index in [0.29, 0.717) is 0 Å². The summed E-state index contributed by atoms with van der Waals surface area (Å²) in [6.45, 7) is 2.31. The van der Waals surface area contributed by atoms with Gasteiger partial charge in [-0.2, -0.15) is 0 Å². The number of nitrogens with zero attached hydrogens (tertiary/aromatic N) is 1. The molecule has 4 heteroatoms. The van der Waals surface area contributed by atoms with E-state index in [1.165, 1.54) is 0 Å². The van der Waals surface area contributed by atoms with Crippen molar-refractivity contribution >= 4 is 5.91 Å². The summed E-state index contributed by atoms with van der Waals surface area (Å²) >= 11 is 0. The van der Waals surface area contributed by atoms with E-state index in [-0.39, 0.29) is 18.6 Å². The van der Waals surface area contributed by atoms with Gasteiger partial charge in [-0.05, 0) is 19.9 Å². The van der Waals surface area contributed by atoms with E-state index in [9.17, 15) is 4.79 Å². The first-order chi connectivity index (χ1) is 5.68. The van der Waals surface area contributed by atoms with Crippen molar-refractivity contribution in [2.45, 2.75) is 18.9 Å². The average molecular weight is 173 g/mol. The molecule has 1 fully saturated rings. The van der Waals surface area contributed by atoms with E-state index in [1.807, 2.05) is 0 Å². The Labute approximate surface area is 72.7 Å². The Bertz CT molecular complexity index is 153. The predicted octanol–water partition coefficient (Wildman–Crippen LogP) is -1.13. The molecule has 0 unspecified atom stereocenters. The van der Waals surface area contributed by atoms with E-state index < -0.39 is 0 Å². The summed E-state index contributed by atoms with van der Waals surface area (Å²) in [5.41, 5.74) is 3.26. The summed E-state index contributed by atoms with van der Waals surface area (Å²) in [6, 6.07) is 0. The molecule has 1 saturated heterocycles. The molecular weight excluding hydrogens is 156 g/mol. The van der Waals surface area contributed by atoms with Crippen LogP contribution in [0, 0.1) is 0 Å². The second-order valence-electron chi connectivity index (χ2n) is 3.35. The van der Waals surface area contributed by atoms with Crippen LogP contribution in [0.25, 0.3) is 0 Å². The van der Waals surface area contributed by atoms with E-state index in [4.69, 9.17) is 4.74 Å². The lowest BCUT2D eigenvalue weighted by Crippen LogP contribution is -2.59. The molecule has 0 saturated carbocycles.